The minimum Gasteiger partial charge on any atom is -0.403 e. The van der Waals surface area contributed by atoms with E-state index in [0.717, 1.165) is 52.2 Å². The zero-order valence-corrected chi connectivity index (χ0v) is 24.3. The van der Waals surface area contributed by atoms with Crippen molar-refractivity contribution in [2.24, 2.45) is 57.8 Å². The fraction of sp³-hybridized carbons (Fsp3) is 0.867. The summed E-state index contributed by atoms with van der Waals surface area (Å²) in [5, 5.41) is 0.739. The van der Waals surface area contributed by atoms with E-state index in [-0.39, 0.29) is 0 Å². The van der Waals surface area contributed by atoms with Crippen molar-refractivity contribution >= 4 is 21.6 Å². The summed E-state index contributed by atoms with van der Waals surface area (Å²) >= 11 is 0. The SMILES string of the molecule is CC(C)CCCC(C)C1CCC2C3CC=C4CC(SSC/C(N)=C/N)CCC4(C)C3CCC12C. The zero-order chi connectivity index (χ0) is 24.5. The van der Waals surface area contributed by atoms with Crippen molar-refractivity contribution in [2.45, 2.75) is 110 Å². The lowest BCUT2D eigenvalue weighted by Gasteiger charge is -2.58. The van der Waals surface area contributed by atoms with Crippen molar-refractivity contribution in [1.82, 2.24) is 0 Å². The smallest absolute Gasteiger partial charge is 0.0449 e. The second kappa shape index (κ2) is 11.0. The van der Waals surface area contributed by atoms with E-state index < -0.39 is 0 Å². The van der Waals surface area contributed by atoms with Gasteiger partial charge in [-0.1, -0.05) is 87.1 Å². The second-order valence-corrected chi connectivity index (χ2v) is 15.9. The summed E-state index contributed by atoms with van der Waals surface area (Å²) in [7, 11) is 3.94. The normalized spacial score (nSPS) is 40.9. The van der Waals surface area contributed by atoms with Crippen molar-refractivity contribution in [2.75, 3.05) is 5.75 Å². The Labute approximate surface area is 218 Å². The van der Waals surface area contributed by atoms with Gasteiger partial charge in [0.2, 0.25) is 0 Å². The van der Waals surface area contributed by atoms with Crippen molar-refractivity contribution in [1.29, 1.82) is 0 Å². The van der Waals surface area contributed by atoms with Crippen LogP contribution in [0.2, 0.25) is 0 Å². The molecule has 4 rings (SSSR count). The molecule has 4 heteroatoms. The van der Waals surface area contributed by atoms with Crippen LogP contribution in [0, 0.1) is 46.3 Å². The first-order valence-corrected chi connectivity index (χ1v) is 16.7. The highest BCUT2D eigenvalue weighted by Gasteiger charge is 2.59. The zero-order valence-electron chi connectivity index (χ0n) is 22.7. The van der Waals surface area contributed by atoms with Crippen molar-refractivity contribution in [3.63, 3.8) is 0 Å². The number of nitrogens with two attached hydrogens (primary N) is 2. The first-order chi connectivity index (χ1) is 16.2. The largest absolute Gasteiger partial charge is 0.403 e. The number of allylic oxidation sites excluding steroid dienone is 2. The quantitative estimate of drug-likeness (QED) is 0.244. The molecule has 0 aliphatic heterocycles. The summed E-state index contributed by atoms with van der Waals surface area (Å²) < 4.78 is 0. The summed E-state index contributed by atoms with van der Waals surface area (Å²) in [6.45, 7) is 12.7. The third-order valence-corrected chi connectivity index (χ3v) is 13.7. The molecule has 8 atom stereocenters. The van der Waals surface area contributed by atoms with Gasteiger partial charge in [-0.25, -0.2) is 0 Å². The summed E-state index contributed by atoms with van der Waals surface area (Å²) in [5.41, 5.74) is 15.1. The summed E-state index contributed by atoms with van der Waals surface area (Å²) in [5.74, 6) is 6.39. The molecule has 194 valence electrons. The van der Waals surface area contributed by atoms with E-state index >= 15 is 0 Å². The van der Waals surface area contributed by atoms with Crippen molar-refractivity contribution < 1.29 is 0 Å². The van der Waals surface area contributed by atoms with Crippen LogP contribution in [0.15, 0.2) is 23.5 Å². The lowest BCUT2D eigenvalue weighted by Crippen LogP contribution is -2.50. The average molecular weight is 505 g/mol. The first kappa shape index (κ1) is 26.8. The molecule has 0 aromatic rings. The average Bonchev–Trinajstić information content (AvgIpc) is 3.16. The highest BCUT2D eigenvalue weighted by Crippen LogP contribution is 2.67. The van der Waals surface area contributed by atoms with E-state index in [2.05, 4.69) is 51.5 Å². The van der Waals surface area contributed by atoms with Crippen LogP contribution in [0.25, 0.3) is 0 Å². The molecule has 8 unspecified atom stereocenters. The lowest BCUT2D eigenvalue weighted by atomic mass is 9.47. The lowest BCUT2D eigenvalue weighted by molar-refractivity contribution is -0.0497. The summed E-state index contributed by atoms with van der Waals surface area (Å²) in [6.07, 6.45) is 19.9. The molecule has 0 aromatic heterocycles. The predicted octanol–water partition coefficient (Wildman–Crippen LogP) is 8.54. The molecular weight excluding hydrogens is 452 g/mol. The Hall–Kier alpha value is -0.220. The maximum atomic E-state index is 5.90. The highest BCUT2D eigenvalue weighted by atomic mass is 33.1. The van der Waals surface area contributed by atoms with E-state index in [9.17, 15) is 0 Å². The number of fused-ring (bicyclic) bond motifs is 5. The maximum Gasteiger partial charge on any atom is 0.0449 e. The van der Waals surface area contributed by atoms with Gasteiger partial charge in [0.1, 0.15) is 0 Å². The van der Waals surface area contributed by atoms with Crippen LogP contribution < -0.4 is 11.5 Å². The van der Waals surface area contributed by atoms with Crippen LogP contribution in [0.4, 0.5) is 0 Å². The number of hydrogen-bond acceptors (Lipinski definition) is 4. The molecule has 0 aromatic carbocycles. The van der Waals surface area contributed by atoms with E-state index in [1.807, 2.05) is 10.8 Å². The minimum absolute atomic E-state index is 0.461. The van der Waals surface area contributed by atoms with Gasteiger partial charge in [0.05, 0.1) is 0 Å². The van der Waals surface area contributed by atoms with Crippen LogP contribution in [0.1, 0.15) is 105 Å². The first-order valence-electron chi connectivity index (χ1n) is 14.3. The van der Waals surface area contributed by atoms with E-state index in [0.29, 0.717) is 10.8 Å². The molecule has 2 nitrogen and oxygen atoms in total. The topological polar surface area (TPSA) is 52.0 Å². The Morgan fingerprint density at radius 1 is 1.09 bits per heavy atom. The third-order valence-electron chi connectivity index (χ3n) is 10.9. The molecule has 0 spiro atoms. The van der Waals surface area contributed by atoms with Crippen LogP contribution in [-0.4, -0.2) is 11.0 Å². The Kier molecular flexibility index (Phi) is 8.71. The molecule has 3 fully saturated rings. The second-order valence-electron chi connectivity index (χ2n) is 13.3. The Morgan fingerprint density at radius 2 is 1.88 bits per heavy atom. The van der Waals surface area contributed by atoms with Gasteiger partial charge in [0.25, 0.3) is 0 Å². The number of hydrogen-bond donors (Lipinski definition) is 2. The molecule has 4 aliphatic rings. The summed E-state index contributed by atoms with van der Waals surface area (Å²) in [6, 6.07) is 0. The van der Waals surface area contributed by atoms with E-state index in [4.69, 9.17) is 11.5 Å². The fourth-order valence-electron chi connectivity index (χ4n) is 8.98. The standard InChI is InChI=1S/C30H52N2S2/c1-20(2)7-6-8-21(3)26-11-12-27-25-10-9-22-17-24(34-33-19-23(32)18-31)13-15-29(22,4)28(25)14-16-30(26,27)5/h9,18,20-21,24-28H,6-8,10-17,19,31-32H2,1-5H3/b23-18-. The van der Waals surface area contributed by atoms with E-state index in [1.54, 1.807) is 11.8 Å². The Balaban J connectivity index is 1.40. The predicted molar refractivity (Wildman–Crippen MR) is 153 cm³/mol. The van der Waals surface area contributed by atoms with Crippen LogP contribution in [0.5, 0.6) is 0 Å². The summed E-state index contributed by atoms with van der Waals surface area (Å²) in [4.78, 5) is 0. The molecule has 0 bridgehead atoms. The monoisotopic (exact) mass is 504 g/mol. The minimum atomic E-state index is 0.461. The molecule has 0 radical (unpaired) electrons. The van der Waals surface area contributed by atoms with Gasteiger partial charge in [-0.3, -0.25) is 0 Å². The fourth-order valence-corrected chi connectivity index (χ4v) is 11.6. The van der Waals surface area contributed by atoms with Crippen molar-refractivity contribution in [3.8, 4) is 0 Å². The molecule has 0 amide bonds. The van der Waals surface area contributed by atoms with Gasteiger partial charge in [-0.2, -0.15) is 0 Å². The maximum absolute atomic E-state index is 5.90. The van der Waals surface area contributed by atoms with Crippen LogP contribution in [-0.2, 0) is 0 Å². The molecule has 0 saturated heterocycles. The van der Waals surface area contributed by atoms with Gasteiger partial charge in [-0.05, 0) is 97.7 Å². The Morgan fingerprint density at radius 3 is 2.62 bits per heavy atom. The van der Waals surface area contributed by atoms with Gasteiger partial charge < -0.3 is 11.5 Å². The molecule has 0 heterocycles. The third kappa shape index (κ3) is 5.24. The van der Waals surface area contributed by atoms with Gasteiger partial charge in [-0.15, -0.1) is 0 Å². The van der Waals surface area contributed by atoms with E-state index in [1.165, 1.54) is 70.6 Å². The van der Waals surface area contributed by atoms with Crippen LogP contribution >= 0.6 is 21.6 Å². The van der Waals surface area contributed by atoms with Crippen molar-refractivity contribution in [3.05, 3.63) is 23.5 Å². The van der Waals surface area contributed by atoms with Gasteiger partial charge in [0, 0.05) is 22.9 Å². The van der Waals surface area contributed by atoms with Crippen LogP contribution in [0.3, 0.4) is 0 Å². The molecular formula is C30H52N2S2. The number of rotatable bonds is 9. The molecule has 34 heavy (non-hydrogen) atoms. The molecule has 3 saturated carbocycles. The highest BCUT2D eigenvalue weighted by molar-refractivity contribution is 8.77. The molecule has 4 aliphatic carbocycles. The Bertz CT molecular complexity index is 761. The molecule has 4 N–H and O–H groups in total. The van der Waals surface area contributed by atoms with Gasteiger partial charge >= 0.3 is 0 Å². The van der Waals surface area contributed by atoms with Gasteiger partial charge in [0.15, 0.2) is 0 Å².